The Bertz CT molecular complexity index is 326. The van der Waals surface area contributed by atoms with E-state index >= 15 is 0 Å². The molecule has 1 aliphatic carbocycles. The highest BCUT2D eigenvalue weighted by atomic mass is 16.1. The lowest BCUT2D eigenvalue weighted by Crippen LogP contribution is -2.24. The van der Waals surface area contributed by atoms with Gasteiger partial charge >= 0.3 is 0 Å². The van der Waals surface area contributed by atoms with Gasteiger partial charge in [0.25, 0.3) is 0 Å². The highest BCUT2D eigenvalue weighted by Crippen LogP contribution is 2.14. The normalized spacial score (nSPS) is 17.1. The van der Waals surface area contributed by atoms with Crippen LogP contribution in [0, 0.1) is 11.3 Å². The summed E-state index contributed by atoms with van der Waals surface area (Å²) in [5.41, 5.74) is 0.812. The molecule has 14 heavy (non-hydrogen) atoms. The number of aldehydes is 1. The first kappa shape index (κ1) is 10.6. The van der Waals surface area contributed by atoms with Crippen molar-refractivity contribution in [1.29, 1.82) is 5.41 Å². The number of Topliss-reactive ketones (excluding diaryl/α,β-unsaturated/α-hetero) is 1. The van der Waals surface area contributed by atoms with E-state index in [9.17, 15) is 9.59 Å². The molecule has 0 aromatic carbocycles. The highest BCUT2D eigenvalue weighted by Gasteiger charge is 2.20. The number of rotatable bonds is 4. The van der Waals surface area contributed by atoms with Crippen LogP contribution in [-0.2, 0) is 9.59 Å². The van der Waals surface area contributed by atoms with E-state index in [1.165, 1.54) is 6.92 Å². The third-order valence-corrected chi connectivity index (χ3v) is 2.19. The lowest BCUT2D eigenvalue weighted by molar-refractivity contribution is -0.123. The Balaban J connectivity index is 2.82. The number of hydrogen-bond acceptors (Lipinski definition) is 3. The van der Waals surface area contributed by atoms with Crippen LogP contribution in [0.1, 0.15) is 19.8 Å². The molecule has 0 fully saturated rings. The van der Waals surface area contributed by atoms with E-state index in [1.807, 2.05) is 12.2 Å². The van der Waals surface area contributed by atoms with E-state index in [4.69, 9.17) is 5.41 Å². The summed E-state index contributed by atoms with van der Waals surface area (Å²) in [6.45, 7) is 1.33. The zero-order chi connectivity index (χ0) is 10.6. The molecule has 0 bridgehead atoms. The summed E-state index contributed by atoms with van der Waals surface area (Å²) in [5, 5.41) is 7.70. The summed E-state index contributed by atoms with van der Waals surface area (Å²) >= 11 is 0. The third kappa shape index (κ3) is 2.25. The van der Waals surface area contributed by atoms with Crippen molar-refractivity contribution in [1.82, 2.24) is 0 Å². The SMILES string of the molecule is CC(=O)C(C=O)C(=N)C1=CCCC=C1. The van der Waals surface area contributed by atoms with E-state index < -0.39 is 5.92 Å². The Kier molecular flexibility index (Phi) is 3.51. The molecule has 1 aliphatic rings. The largest absolute Gasteiger partial charge is 0.303 e. The standard InChI is InChI=1S/C11H13NO2/c1-8(14)10(7-13)11(12)9-5-3-2-4-6-9/h3,5-7,10,12H,2,4H2,1H3. The quantitative estimate of drug-likeness (QED) is 0.417. The van der Waals surface area contributed by atoms with Gasteiger partial charge in [0.2, 0.25) is 0 Å². The topological polar surface area (TPSA) is 58.0 Å². The molecule has 0 aromatic heterocycles. The lowest BCUT2D eigenvalue weighted by Gasteiger charge is -2.11. The van der Waals surface area contributed by atoms with E-state index in [-0.39, 0.29) is 11.5 Å². The number of allylic oxidation sites excluding steroid dienone is 4. The van der Waals surface area contributed by atoms with Gasteiger partial charge in [-0.3, -0.25) is 4.79 Å². The molecule has 0 radical (unpaired) electrons. The molecule has 3 nitrogen and oxygen atoms in total. The Morgan fingerprint density at radius 2 is 2.29 bits per heavy atom. The van der Waals surface area contributed by atoms with Gasteiger partial charge in [0, 0.05) is 0 Å². The van der Waals surface area contributed by atoms with Crippen molar-refractivity contribution in [3.05, 3.63) is 23.8 Å². The van der Waals surface area contributed by atoms with Gasteiger partial charge in [-0.2, -0.15) is 0 Å². The Morgan fingerprint density at radius 1 is 1.57 bits per heavy atom. The summed E-state index contributed by atoms with van der Waals surface area (Å²) in [6, 6.07) is 0. The maximum Gasteiger partial charge on any atom is 0.145 e. The molecule has 1 unspecified atom stereocenters. The molecule has 0 amide bonds. The smallest absolute Gasteiger partial charge is 0.145 e. The molecule has 0 aromatic rings. The number of hydrogen-bond donors (Lipinski definition) is 1. The summed E-state index contributed by atoms with van der Waals surface area (Å²) in [5.74, 6) is -1.17. The van der Waals surface area contributed by atoms with Gasteiger partial charge in [-0.15, -0.1) is 0 Å². The molecule has 0 saturated carbocycles. The van der Waals surface area contributed by atoms with Crippen molar-refractivity contribution < 1.29 is 9.59 Å². The van der Waals surface area contributed by atoms with Crippen LogP contribution >= 0.6 is 0 Å². The summed E-state index contributed by atoms with van der Waals surface area (Å²) in [7, 11) is 0. The fraction of sp³-hybridized carbons (Fsp3) is 0.364. The van der Waals surface area contributed by atoms with Crippen LogP contribution in [0.25, 0.3) is 0 Å². The second kappa shape index (κ2) is 4.65. The second-order valence-corrected chi connectivity index (χ2v) is 3.28. The van der Waals surface area contributed by atoms with Crippen molar-refractivity contribution in [2.75, 3.05) is 0 Å². The first-order chi connectivity index (χ1) is 6.66. The van der Waals surface area contributed by atoms with Crippen LogP contribution in [0.2, 0.25) is 0 Å². The lowest BCUT2D eigenvalue weighted by atomic mass is 9.92. The average Bonchev–Trinajstić information content (AvgIpc) is 2.19. The van der Waals surface area contributed by atoms with Gasteiger partial charge in [-0.05, 0) is 25.3 Å². The minimum absolute atomic E-state index is 0.114. The molecule has 3 heteroatoms. The summed E-state index contributed by atoms with van der Waals surface area (Å²) in [4.78, 5) is 21.7. The van der Waals surface area contributed by atoms with Crippen LogP contribution in [0.4, 0.5) is 0 Å². The predicted molar refractivity (Wildman–Crippen MR) is 54.4 cm³/mol. The fourth-order valence-corrected chi connectivity index (χ4v) is 1.36. The summed E-state index contributed by atoms with van der Waals surface area (Å²) < 4.78 is 0. The van der Waals surface area contributed by atoms with Gasteiger partial charge in [-0.1, -0.05) is 18.2 Å². The van der Waals surface area contributed by atoms with Crippen LogP contribution in [0.15, 0.2) is 23.8 Å². The Morgan fingerprint density at radius 3 is 2.71 bits per heavy atom. The number of nitrogens with one attached hydrogen (secondary N) is 1. The minimum Gasteiger partial charge on any atom is -0.303 e. The number of carbonyl (C=O) groups excluding carboxylic acids is 2. The maximum atomic E-state index is 11.0. The predicted octanol–water partition coefficient (Wildman–Crippen LogP) is 1.69. The summed E-state index contributed by atoms with van der Waals surface area (Å²) in [6.07, 6.45) is 8.01. The Labute approximate surface area is 83.0 Å². The van der Waals surface area contributed by atoms with Gasteiger partial charge in [-0.25, -0.2) is 0 Å². The van der Waals surface area contributed by atoms with Crippen LogP contribution < -0.4 is 0 Å². The van der Waals surface area contributed by atoms with Crippen molar-refractivity contribution in [3.63, 3.8) is 0 Å². The molecule has 0 saturated heterocycles. The minimum atomic E-state index is -0.899. The van der Waals surface area contributed by atoms with E-state index in [2.05, 4.69) is 0 Å². The molecule has 1 atom stereocenters. The van der Waals surface area contributed by atoms with Crippen molar-refractivity contribution in [3.8, 4) is 0 Å². The zero-order valence-electron chi connectivity index (χ0n) is 8.12. The first-order valence-corrected chi connectivity index (χ1v) is 4.58. The number of ketones is 1. The molecular weight excluding hydrogens is 178 g/mol. The third-order valence-electron chi connectivity index (χ3n) is 2.19. The zero-order valence-corrected chi connectivity index (χ0v) is 8.12. The first-order valence-electron chi connectivity index (χ1n) is 4.58. The van der Waals surface area contributed by atoms with E-state index in [0.29, 0.717) is 11.9 Å². The van der Waals surface area contributed by atoms with Crippen molar-refractivity contribution >= 4 is 17.8 Å². The second-order valence-electron chi connectivity index (χ2n) is 3.28. The molecule has 0 aliphatic heterocycles. The molecule has 0 heterocycles. The molecule has 0 spiro atoms. The number of carbonyl (C=O) groups is 2. The molecule has 1 rings (SSSR count). The van der Waals surface area contributed by atoms with Crippen LogP contribution in [0.3, 0.4) is 0 Å². The highest BCUT2D eigenvalue weighted by molar-refractivity contribution is 6.20. The maximum absolute atomic E-state index is 11.0. The molecule has 74 valence electrons. The van der Waals surface area contributed by atoms with E-state index in [0.717, 1.165) is 12.8 Å². The van der Waals surface area contributed by atoms with Gasteiger partial charge in [0.15, 0.2) is 0 Å². The van der Waals surface area contributed by atoms with Gasteiger partial charge in [0.1, 0.15) is 18.0 Å². The van der Waals surface area contributed by atoms with Gasteiger partial charge < -0.3 is 10.2 Å². The van der Waals surface area contributed by atoms with E-state index in [1.54, 1.807) is 6.08 Å². The molecule has 1 N–H and O–H groups in total. The van der Waals surface area contributed by atoms with Gasteiger partial charge in [0.05, 0.1) is 5.71 Å². The van der Waals surface area contributed by atoms with Crippen LogP contribution in [-0.4, -0.2) is 17.8 Å². The monoisotopic (exact) mass is 191 g/mol. The van der Waals surface area contributed by atoms with Crippen LogP contribution in [0.5, 0.6) is 0 Å². The van der Waals surface area contributed by atoms with Crippen molar-refractivity contribution in [2.45, 2.75) is 19.8 Å². The fourth-order valence-electron chi connectivity index (χ4n) is 1.36. The molecular formula is C11H13NO2. The Hall–Kier alpha value is -1.51. The average molecular weight is 191 g/mol. The van der Waals surface area contributed by atoms with Crippen molar-refractivity contribution in [2.24, 2.45) is 5.92 Å².